The molecule has 3 aliphatic rings. The van der Waals surface area contributed by atoms with Crippen LogP contribution in [0.5, 0.6) is 0 Å². The van der Waals surface area contributed by atoms with Crippen molar-refractivity contribution in [3.8, 4) is 168 Å². The number of benzene rings is 20. The lowest BCUT2D eigenvalue weighted by molar-refractivity contribution is 0.660. The fraction of sp³-hybridized carbons (Fsp3) is 0.0876. The number of aromatic nitrogens is 7. The fourth-order valence-corrected chi connectivity index (χ4v) is 23.4. The van der Waals surface area contributed by atoms with Gasteiger partial charge in [0.15, 0.2) is 23.3 Å². The quantitative estimate of drug-likeness (QED) is 0.113. The molecule has 27 rings (SSSR count). The van der Waals surface area contributed by atoms with E-state index in [4.69, 9.17) is 34.9 Å². The summed E-state index contributed by atoms with van der Waals surface area (Å²) in [7, 11) is 0. The molecular weight excluding hydrogens is 1740 g/mol. The Morgan fingerprint density at radius 3 is 0.806 bits per heavy atom. The number of aryl methyl sites for hydroxylation is 3. The van der Waals surface area contributed by atoms with Gasteiger partial charge in [0, 0.05) is 73.1 Å². The molecule has 0 unspecified atom stereocenters. The van der Waals surface area contributed by atoms with Gasteiger partial charge in [-0.25, -0.2) is 24.9 Å². The largest absolute Gasteiger partial charge is 0.256 e. The molecule has 4 aromatic heterocycles. The lowest BCUT2D eigenvalue weighted by Crippen LogP contribution is -2.14. The van der Waals surface area contributed by atoms with Gasteiger partial charge in [-0.1, -0.05) is 428 Å². The molecule has 0 saturated heterocycles. The average molecular weight is 1850 g/mol. The van der Waals surface area contributed by atoms with E-state index in [1.807, 2.05) is 97.3 Å². The molecule has 0 saturated carbocycles. The first-order chi connectivity index (χ1) is 70.4. The van der Waals surface area contributed by atoms with Crippen molar-refractivity contribution in [3.63, 3.8) is 0 Å². The monoisotopic (exact) mass is 1840 g/mol. The second-order valence-corrected chi connectivity index (χ2v) is 40.3. The van der Waals surface area contributed by atoms with E-state index >= 15 is 0 Å². The second kappa shape index (κ2) is 35.3. The zero-order valence-electron chi connectivity index (χ0n) is 81.9. The highest BCUT2D eigenvalue weighted by Gasteiger charge is 2.40. The van der Waals surface area contributed by atoms with E-state index in [0.29, 0.717) is 17.5 Å². The minimum absolute atomic E-state index is 0.0288. The summed E-state index contributed by atoms with van der Waals surface area (Å²) in [6, 6.07) is 157. The molecule has 0 atom stereocenters. The minimum Gasteiger partial charge on any atom is -0.256 e. The molecule has 3 aliphatic carbocycles. The van der Waals surface area contributed by atoms with Gasteiger partial charge in [0.1, 0.15) is 0 Å². The standard InChI is InChI=1S/2C46H34N2.C45H33N3/c1-29-22-24-36-38(26-29)43(32-23-25-40-37(27-32)33-18-12-13-21-39(33)46(40,2)3)34-19-10-11-20-35(34)44(36)42-28-41(30-14-6-4-7-15-30)47-45(48-42)31-16-8-5-9-17-31;1-29-18-20-37-39(24-29)44(30-19-21-41-38(28-30)34-12-6-7-15-40(34)46(41,2)3)35-13-4-5-14-36(35)45(37)33-26-31(42-16-8-10-22-47-42)25-32(27-33)43-17-9-11-23-48-43;1-28-22-24-35-37(26-28)40(31-23-25-39-36(27-31)32-18-12-13-21-38(32)45(39,2)3)33-19-10-11-20-34(33)41(35)44-47-42(29-14-6-4-7-15-29)46-43(48-44)30-16-8-5-9-17-30/h2*4-28H,1-3H3;4-27H,1-3H3. The van der Waals surface area contributed by atoms with E-state index in [2.05, 4.69) is 414 Å². The van der Waals surface area contributed by atoms with Crippen molar-refractivity contribution in [2.24, 2.45) is 0 Å². The number of pyridine rings is 2. The first kappa shape index (κ1) is 87.8. The molecule has 144 heavy (non-hydrogen) atoms. The molecule has 0 aliphatic heterocycles. The van der Waals surface area contributed by atoms with E-state index < -0.39 is 0 Å². The summed E-state index contributed by atoms with van der Waals surface area (Å²) in [6.07, 6.45) is 3.72. The fourth-order valence-electron chi connectivity index (χ4n) is 23.4. The summed E-state index contributed by atoms with van der Waals surface area (Å²) in [5.41, 5.74) is 41.8. The zero-order chi connectivity index (χ0) is 97.2. The molecule has 24 aromatic rings. The molecule has 7 nitrogen and oxygen atoms in total. The summed E-state index contributed by atoms with van der Waals surface area (Å²) in [5.74, 6) is 2.71. The van der Waals surface area contributed by atoms with Crippen molar-refractivity contribution >= 4 is 64.6 Å². The molecule has 4 heterocycles. The van der Waals surface area contributed by atoms with Crippen LogP contribution in [0.25, 0.3) is 233 Å². The van der Waals surface area contributed by atoms with Crippen molar-refractivity contribution in [2.75, 3.05) is 0 Å². The third kappa shape index (κ3) is 15.1. The molecule has 0 fully saturated rings. The van der Waals surface area contributed by atoms with Crippen molar-refractivity contribution in [1.29, 1.82) is 0 Å². The Bertz CT molecular complexity index is 8270. The van der Waals surface area contributed by atoms with Gasteiger partial charge in [-0.2, -0.15) is 0 Å². The Morgan fingerprint density at radius 2 is 0.431 bits per heavy atom. The summed E-state index contributed by atoms with van der Waals surface area (Å²) < 4.78 is 0. The van der Waals surface area contributed by atoms with Gasteiger partial charge >= 0.3 is 0 Å². The topological polar surface area (TPSA) is 90.2 Å². The highest BCUT2D eigenvalue weighted by molar-refractivity contribution is 6.25. The number of hydrogen-bond acceptors (Lipinski definition) is 7. The first-order valence-corrected chi connectivity index (χ1v) is 49.9. The molecular formula is C137H101N7. The van der Waals surface area contributed by atoms with Crippen LogP contribution in [0.15, 0.2) is 449 Å². The molecule has 684 valence electrons. The minimum atomic E-state index is -0.0410. The number of hydrogen-bond donors (Lipinski definition) is 0. The molecule has 0 N–H and O–H groups in total. The van der Waals surface area contributed by atoms with Crippen LogP contribution in [-0.2, 0) is 16.2 Å². The van der Waals surface area contributed by atoms with Gasteiger partial charge < -0.3 is 0 Å². The normalized spacial score (nSPS) is 13.1. The molecule has 7 heteroatoms. The van der Waals surface area contributed by atoms with Crippen LogP contribution in [0.3, 0.4) is 0 Å². The molecule has 20 aromatic carbocycles. The molecule has 0 spiro atoms. The zero-order valence-corrected chi connectivity index (χ0v) is 81.9. The van der Waals surface area contributed by atoms with Gasteiger partial charge in [0.2, 0.25) is 0 Å². The maximum Gasteiger partial charge on any atom is 0.165 e. The van der Waals surface area contributed by atoms with Crippen LogP contribution in [0.1, 0.15) is 91.6 Å². The SMILES string of the molecule is Cc1ccc2c(-c3cc(-c4ccccc4)nc(-c4ccccc4)n3)c3ccccc3c(-c3ccc4c(c3)-c3ccccc3C4(C)C)c2c1.Cc1ccc2c(-c3cc(-c4ccccn4)cc(-c4ccccn4)c3)c3ccccc3c(-c3ccc4c(c3)-c3ccccc3C4(C)C)c2c1.Cc1ccc2c(-c3nc(-c4ccccc4)nc(-c4ccccc4)n3)c3ccccc3c(-c3ccc4c(c3)-c3ccccc3C4(C)C)c2c1. The maximum atomic E-state index is 5.30. The molecule has 0 bridgehead atoms. The van der Waals surface area contributed by atoms with Crippen LogP contribution < -0.4 is 0 Å². The lowest BCUT2D eigenvalue weighted by atomic mass is 9.81. The van der Waals surface area contributed by atoms with E-state index in [1.54, 1.807) is 0 Å². The Morgan fingerprint density at radius 1 is 0.153 bits per heavy atom. The number of rotatable bonds is 12. The smallest absolute Gasteiger partial charge is 0.165 e. The van der Waals surface area contributed by atoms with Gasteiger partial charge in [-0.3, -0.25) is 9.97 Å². The predicted octanol–water partition coefficient (Wildman–Crippen LogP) is 35.6. The van der Waals surface area contributed by atoms with Crippen LogP contribution in [0, 0.1) is 20.8 Å². The van der Waals surface area contributed by atoms with Gasteiger partial charge in [-0.15, -0.1) is 0 Å². The average Bonchev–Trinajstić information content (AvgIpc) is 1.13. The highest BCUT2D eigenvalue weighted by Crippen LogP contribution is 2.57. The first-order valence-electron chi connectivity index (χ1n) is 49.9. The third-order valence-corrected chi connectivity index (χ3v) is 30.3. The summed E-state index contributed by atoms with van der Waals surface area (Å²) in [5, 5.41) is 14.4. The Labute approximate surface area is 839 Å². The number of nitrogens with zero attached hydrogens (tertiary/aromatic N) is 7. The second-order valence-electron chi connectivity index (χ2n) is 40.3. The van der Waals surface area contributed by atoms with Gasteiger partial charge in [0.05, 0.1) is 22.8 Å². The maximum absolute atomic E-state index is 5.30. The Kier molecular flexibility index (Phi) is 21.5. The molecule has 0 amide bonds. The van der Waals surface area contributed by atoms with E-state index in [1.165, 1.54) is 176 Å². The van der Waals surface area contributed by atoms with Crippen LogP contribution >= 0.6 is 0 Å². The van der Waals surface area contributed by atoms with Crippen LogP contribution in [-0.4, -0.2) is 34.9 Å². The lowest BCUT2D eigenvalue weighted by Gasteiger charge is -2.22. The van der Waals surface area contributed by atoms with Crippen LogP contribution in [0.2, 0.25) is 0 Å². The van der Waals surface area contributed by atoms with Crippen molar-refractivity contribution in [3.05, 3.63) is 499 Å². The summed E-state index contributed by atoms with van der Waals surface area (Å²) >= 11 is 0. The summed E-state index contributed by atoms with van der Waals surface area (Å²) in [6.45, 7) is 20.6. The predicted molar refractivity (Wildman–Crippen MR) is 601 cm³/mol. The van der Waals surface area contributed by atoms with Crippen molar-refractivity contribution < 1.29 is 0 Å². The third-order valence-electron chi connectivity index (χ3n) is 30.3. The van der Waals surface area contributed by atoms with Crippen molar-refractivity contribution in [1.82, 2.24) is 34.9 Å². The molecule has 0 radical (unpaired) electrons. The summed E-state index contributed by atoms with van der Waals surface area (Å²) in [4.78, 5) is 35.2. The van der Waals surface area contributed by atoms with E-state index in [0.717, 1.165) is 89.4 Å². The van der Waals surface area contributed by atoms with Gasteiger partial charge in [0.25, 0.3) is 0 Å². The Hall–Kier alpha value is -17.7. The Balaban J connectivity index is 0.000000113. The van der Waals surface area contributed by atoms with Gasteiger partial charge in [-0.05, 0) is 263 Å². The number of fused-ring (bicyclic) bond motifs is 15. The van der Waals surface area contributed by atoms with E-state index in [9.17, 15) is 0 Å². The van der Waals surface area contributed by atoms with Crippen LogP contribution in [0.4, 0.5) is 0 Å². The highest BCUT2D eigenvalue weighted by atomic mass is 15.0. The van der Waals surface area contributed by atoms with Crippen molar-refractivity contribution in [2.45, 2.75) is 78.6 Å². The van der Waals surface area contributed by atoms with E-state index in [-0.39, 0.29) is 16.2 Å².